The molecule has 0 atom stereocenters. The zero-order chi connectivity index (χ0) is 14.2. The van der Waals surface area contributed by atoms with Gasteiger partial charge in [0.1, 0.15) is 0 Å². The molecule has 0 fully saturated rings. The summed E-state index contributed by atoms with van der Waals surface area (Å²) in [5.74, 6) is -0.944. The predicted molar refractivity (Wildman–Crippen MR) is 79.0 cm³/mol. The van der Waals surface area contributed by atoms with Gasteiger partial charge in [0, 0.05) is 5.97 Å². The van der Waals surface area contributed by atoms with Gasteiger partial charge in [-0.25, -0.2) is 0 Å². The van der Waals surface area contributed by atoms with Crippen LogP contribution in [0.4, 0.5) is 0 Å². The summed E-state index contributed by atoms with van der Waals surface area (Å²) in [5, 5.41) is 13.5. The largest absolute Gasteiger partial charge is 1.00 e. The molecule has 3 nitrogen and oxygen atoms in total. The third-order valence-corrected chi connectivity index (χ3v) is 3.44. The minimum absolute atomic E-state index is 0. The first-order valence-electron chi connectivity index (χ1n) is 8.18. The van der Waals surface area contributed by atoms with E-state index in [0.29, 0.717) is 6.42 Å². The molecule has 0 saturated carbocycles. The van der Waals surface area contributed by atoms with Gasteiger partial charge in [0.2, 0.25) is 0 Å². The molecule has 4 heteroatoms. The fourth-order valence-corrected chi connectivity index (χ4v) is 2.22. The van der Waals surface area contributed by atoms with E-state index in [-0.39, 0.29) is 36.0 Å². The second-order valence-electron chi connectivity index (χ2n) is 5.41. The zero-order valence-corrected chi connectivity index (χ0v) is 15.7. The summed E-state index contributed by atoms with van der Waals surface area (Å²) in [6, 6.07) is 0. The molecule has 0 saturated heterocycles. The maximum atomic E-state index is 10.2. The Balaban J connectivity index is 0. The Morgan fingerprint density at radius 3 is 1.75 bits per heavy atom. The Morgan fingerprint density at radius 2 is 1.25 bits per heavy atom. The Morgan fingerprint density at radius 1 is 0.800 bits per heavy atom. The summed E-state index contributed by atoms with van der Waals surface area (Å²) in [6.45, 7) is 4.07. The molecule has 0 radical (unpaired) electrons. The van der Waals surface area contributed by atoms with Gasteiger partial charge in [-0.3, -0.25) is 0 Å². The maximum absolute atomic E-state index is 10.2. The molecule has 0 rings (SSSR count). The van der Waals surface area contributed by atoms with Crippen molar-refractivity contribution in [3.8, 4) is 0 Å². The van der Waals surface area contributed by atoms with Gasteiger partial charge in [0.15, 0.2) is 0 Å². The van der Waals surface area contributed by atoms with Gasteiger partial charge in [-0.15, -0.1) is 0 Å². The van der Waals surface area contributed by atoms with Crippen LogP contribution >= 0.6 is 0 Å². The fraction of sp³-hybridized carbons (Fsp3) is 0.938. The molecule has 0 aliphatic rings. The number of rotatable bonds is 15. The second kappa shape index (κ2) is 19.4. The van der Waals surface area contributed by atoms with Crippen LogP contribution in [0.5, 0.6) is 0 Å². The number of carbonyl (C=O) groups is 1. The van der Waals surface area contributed by atoms with Crippen molar-refractivity contribution in [1.82, 2.24) is 5.32 Å². The van der Waals surface area contributed by atoms with Crippen molar-refractivity contribution in [2.45, 2.75) is 84.0 Å². The summed E-state index contributed by atoms with van der Waals surface area (Å²) >= 11 is 0. The molecule has 114 valence electrons. The van der Waals surface area contributed by atoms with Crippen molar-refractivity contribution in [1.29, 1.82) is 0 Å². The molecule has 0 amide bonds. The quantitative estimate of drug-likeness (QED) is 0.342. The number of carbonyl (C=O) groups excluding carboxylic acids is 1. The van der Waals surface area contributed by atoms with Gasteiger partial charge in [-0.1, -0.05) is 64.7 Å². The van der Waals surface area contributed by atoms with E-state index < -0.39 is 5.97 Å². The Kier molecular flexibility index (Phi) is 22.1. The van der Waals surface area contributed by atoms with Crippen LogP contribution < -0.4 is 40.0 Å². The van der Waals surface area contributed by atoms with E-state index in [0.717, 1.165) is 13.1 Å². The van der Waals surface area contributed by atoms with Gasteiger partial charge in [-0.2, -0.15) is 0 Å². The standard InChI is InChI=1S/C16H33NO2.Na/c1-2-3-4-5-6-7-8-9-10-11-14-17-15-12-13-16(18)19;/h17H,2-15H2,1H3,(H,18,19);/q;+1/p-1. The van der Waals surface area contributed by atoms with Crippen molar-refractivity contribution in [3.63, 3.8) is 0 Å². The van der Waals surface area contributed by atoms with Crippen LogP contribution in [0.3, 0.4) is 0 Å². The van der Waals surface area contributed by atoms with Gasteiger partial charge in [0.25, 0.3) is 0 Å². The van der Waals surface area contributed by atoms with E-state index in [1.807, 2.05) is 0 Å². The Hall–Kier alpha value is 0.430. The SMILES string of the molecule is CCCCCCCCCCCCNCCCC(=O)[O-].[Na+]. The fourth-order valence-electron chi connectivity index (χ4n) is 2.22. The van der Waals surface area contributed by atoms with E-state index in [9.17, 15) is 9.90 Å². The van der Waals surface area contributed by atoms with Crippen LogP contribution in [-0.2, 0) is 4.79 Å². The van der Waals surface area contributed by atoms with E-state index in [4.69, 9.17) is 0 Å². The summed E-state index contributed by atoms with van der Waals surface area (Å²) in [5.41, 5.74) is 0. The van der Waals surface area contributed by atoms with Crippen molar-refractivity contribution >= 4 is 5.97 Å². The molecular formula is C16H32NNaO2. The van der Waals surface area contributed by atoms with Gasteiger partial charge in [-0.05, 0) is 32.4 Å². The molecule has 1 N–H and O–H groups in total. The van der Waals surface area contributed by atoms with Crippen molar-refractivity contribution < 1.29 is 39.5 Å². The third-order valence-electron chi connectivity index (χ3n) is 3.44. The molecule has 0 aliphatic heterocycles. The van der Waals surface area contributed by atoms with E-state index >= 15 is 0 Å². The van der Waals surface area contributed by atoms with Crippen LogP contribution in [-0.4, -0.2) is 19.1 Å². The molecule has 0 aliphatic carbocycles. The average Bonchev–Trinajstić information content (AvgIpc) is 2.39. The molecule has 0 aromatic carbocycles. The topological polar surface area (TPSA) is 52.2 Å². The number of unbranched alkanes of at least 4 members (excludes halogenated alkanes) is 9. The molecule has 0 bridgehead atoms. The predicted octanol–water partition coefficient (Wildman–Crippen LogP) is 0.0310. The minimum atomic E-state index is -0.944. The van der Waals surface area contributed by atoms with Crippen LogP contribution in [0.1, 0.15) is 84.0 Å². The minimum Gasteiger partial charge on any atom is -0.550 e. The number of hydrogen-bond donors (Lipinski definition) is 1. The van der Waals surface area contributed by atoms with Crippen LogP contribution in [0.2, 0.25) is 0 Å². The third kappa shape index (κ3) is 20.7. The Bertz CT molecular complexity index is 201. The molecular weight excluding hydrogens is 261 g/mol. The van der Waals surface area contributed by atoms with Gasteiger partial charge < -0.3 is 15.2 Å². The molecule has 0 aromatic rings. The van der Waals surface area contributed by atoms with Gasteiger partial charge >= 0.3 is 29.6 Å². The molecule has 0 heterocycles. The summed E-state index contributed by atoms with van der Waals surface area (Å²) in [6.07, 6.45) is 14.4. The number of carboxylic acids is 1. The molecule has 0 spiro atoms. The van der Waals surface area contributed by atoms with Crippen LogP contribution in [0, 0.1) is 0 Å². The molecule has 0 aromatic heterocycles. The first kappa shape index (κ1) is 22.7. The summed E-state index contributed by atoms with van der Waals surface area (Å²) < 4.78 is 0. The maximum Gasteiger partial charge on any atom is 1.00 e. The van der Waals surface area contributed by atoms with Crippen LogP contribution in [0.25, 0.3) is 0 Å². The van der Waals surface area contributed by atoms with Crippen molar-refractivity contribution in [3.05, 3.63) is 0 Å². The van der Waals surface area contributed by atoms with Crippen molar-refractivity contribution in [2.75, 3.05) is 13.1 Å². The van der Waals surface area contributed by atoms with Gasteiger partial charge in [0.05, 0.1) is 0 Å². The second-order valence-corrected chi connectivity index (χ2v) is 5.41. The first-order chi connectivity index (χ1) is 9.27. The molecule has 20 heavy (non-hydrogen) atoms. The molecule has 0 unspecified atom stereocenters. The monoisotopic (exact) mass is 293 g/mol. The number of aliphatic carboxylic acids is 1. The first-order valence-corrected chi connectivity index (χ1v) is 8.18. The number of carboxylic acid groups (broad SMARTS) is 1. The summed E-state index contributed by atoms with van der Waals surface area (Å²) in [4.78, 5) is 10.2. The smallest absolute Gasteiger partial charge is 0.550 e. The summed E-state index contributed by atoms with van der Waals surface area (Å²) in [7, 11) is 0. The van der Waals surface area contributed by atoms with Crippen LogP contribution in [0.15, 0.2) is 0 Å². The van der Waals surface area contributed by atoms with Crippen molar-refractivity contribution in [2.24, 2.45) is 0 Å². The normalized spacial score (nSPS) is 10.2. The van der Waals surface area contributed by atoms with E-state index in [1.54, 1.807) is 0 Å². The van der Waals surface area contributed by atoms with E-state index in [1.165, 1.54) is 64.2 Å². The van der Waals surface area contributed by atoms with E-state index in [2.05, 4.69) is 12.2 Å². The Labute approximate surface area is 147 Å². The number of hydrogen-bond acceptors (Lipinski definition) is 3. The number of nitrogens with one attached hydrogen (secondary N) is 1. The zero-order valence-electron chi connectivity index (χ0n) is 13.7. The average molecular weight is 293 g/mol.